The van der Waals surface area contributed by atoms with Gasteiger partial charge in [0.1, 0.15) is 6.00 Å². The molecule has 0 saturated carbocycles. The molecular formula is C15H16ClN3O. The second-order valence-corrected chi connectivity index (χ2v) is 6.12. The summed E-state index contributed by atoms with van der Waals surface area (Å²) < 4.78 is 3.39. The van der Waals surface area contributed by atoms with Gasteiger partial charge in [-0.2, -0.15) is 5.10 Å². The van der Waals surface area contributed by atoms with Gasteiger partial charge in [0.05, 0.1) is 11.1 Å². The number of hydrogen-bond acceptors (Lipinski definition) is 2. The zero-order chi connectivity index (χ0) is 14.5. The minimum atomic E-state index is -0.168. The largest absolute Gasteiger partial charge is 0.292 e. The number of para-hydroxylation sites is 1. The summed E-state index contributed by atoms with van der Waals surface area (Å²) in [6.07, 6.45) is 1.94. The first-order valence-electron chi connectivity index (χ1n) is 6.51. The molecule has 0 N–H and O–H groups in total. The summed E-state index contributed by atoms with van der Waals surface area (Å²) in [6, 6.07) is 7.89. The molecule has 0 radical (unpaired) electrons. The molecule has 2 heterocycles. The standard InChI is InChI=1S/C15H16ClN3O/c1-15(2,3)19-8-11-10-6-4-5-7-12(10)18(9-16)14(20)13(11)17-19/h4-8H,9H2,1-3H3. The zero-order valence-corrected chi connectivity index (χ0v) is 12.5. The van der Waals surface area contributed by atoms with Crippen LogP contribution in [0.2, 0.25) is 0 Å². The summed E-state index contributed by atoms with van der Waals surface area (Å²) in [5.74, 6) is 0. The Labute approximate surface area is 121 Å². The second-order valence-electron chi connectivity index (χ2n) is 5.88. The predicted octanol–water partition coefficient (Wildman–Crippen LogP) is 3.30. The molecule has 5 heteroatoms. The van der Waals surface area contributed by atoms with Crippen molar-refractivity contribution in [3.63, 3.8) is 0 Å². The van der Waals surface area contributed by atoms with Crippen LogP contribution in [0.15, 0.2) is 35.3 Å². The van der Waals surface area contributed by atoms with E-state index in [-0.39, 0.29) is 17.1 Å². The maximum atomic E-state index is 12.5. The van der Waals surface area contributed by atoms with Gasteiger partial charge in [0.15, 0.2) is 5.52 Å². The summed E-state index contributed by atoms with van der Waals surface area (Å²) in [6.45, 7) is 6.17. The number of benzene rings is 1. The molecule has 0 bridgehead atoms. The van der Waals surface area contributed by atoms with Crippen molar-refractivity contribution >= 4 is 33.4 Å². The summed E-state index contributed by atoms with van der Waals surface area (Å²) in [5, 5.41) is 6.34. The topological polar surface area (TPSA) is 39.8 Å². The van der Waals surface area contributed by atoms with E-state index in [1.54, 1.807) is 4.57 Å². The molecule has 20 heavy (non-hydrogen) atoms. The third-order valence-electron chi connectivity index (χ3n) is 3.45. The van der Waals surface area contributed by atoms with Gasteiger partial charge in [0, 0.05) is 17.0 Å². The average molecular weight is 290 g/mol. The lowest BCUT2D eigenvalue weighted by Gasteiger charge is -2.18. The Morgan fingerprint density at radius 2 is 1.90 bits per heavy atom. The highest BCUT2D eigenvalue weighted by atomic mass is 35.5. The summed E-state index contributed by atoms with van der Waals surface area (Å²) in [7, 11) is 0. The molecule has 0 atom stereocenters. The van der Waals surface area contributed by atoms with Crippen LogP contribution in [-0.4, -0.2) is 14.3 Å². The number of halogens is 1. The third-order valence-corrected chi connectivity index (χ3v) is 3.69. The van der Waals surface area contributed by atoms with Crippen LogP contribution >= 0.6 is 11.6 Å². The quantitative estimate of drug-likeness (QED) is 0.645. The molecule has 3 rings (SSSR count). The Morgan fingerprint density at radius 3 is 2.55 bits per heavy atom. The lowest BCUT2D eigenvalue weighted by Crippen LogP contribution is -2.23. The molecule has 2 aromatic heterocycles. The lowest BCUT2D eigenvalue weighted by molar-refractivity contribution is 0.358. The van der Waals surface area contributed by atoms with Gasteiger partial charge in [0.2, 0.25) is 0 Å². The van der Waals surface area contributed by atoms with Crippen LogP contribution in [0.1, 0.15) is 20.8 Å². The van der Waals surface area contributed by atoms with Crippen molar-refractivity contribution in [1.29, 1.82) is 0 Å². The van der Waals surface area contributed by atoms with Gasteiger partial charge in [-0.3, -0.25) is 14.0 Å². The van der Waals surface area contributed by atoms with E-state index in [4.69, 9.17) is 11.6 Å². The van der Waals surface area contributed by atoms with Crippen LogP contribution in [0.4, 0.5) is 0 Å². The summed E-state index contributed by atoms with van der Waals surface area (Å²) in [5.41, 5.74) is 1.00. The van der Waals surface area contributed by atoms with Gasteiger partial charge in [-0.15, -0.1) is 11.6 Å². The molecule has 0 spiro atoms. The number of pyridine rings is 1. The van der Waals surface area contributed by atoms with Crippen LogP contribution in [-0.2, 0) is 11.5 Å². The van der Waals surface area contributed by atoms with Crippen molar-refractivity contribution < 1.29 is 0 Å². The van der Waals surface area contributed by atoms with Crippen molar-refractivity contribution in [3.8, 4) is 0 Å². The molecule has 0 unspecified atom stereocenters. The minimum Gasteiger partial charge on any atom is -0.292 e. The van der Waals surface area contributed by atoms with Crippen molar-refractivity contribution in [2.45, 2.75) is 32.3 Å². The molecule has 0 amide bonds. The molecule has 1 aromatic carbocycles. The van der Waals surface area contributed by atoms with E-state index in [0.29, 0.717) is 5.52 Å². The average Bonchev–Trinajstić information content (AvgIpc) is 2.85. The van der Waals surface area contributed by atoms with Gasteiger partial charge in [0.25, 0.3) is 5.56 Å². The van der Waals surface area contributed by atoms with Gasteiger partial charge < -0.3 is 0 Å². The third kappa shape index (κ3) is 1.83. The minimum absolute atomic E-state index is 0.123. The highest BCUT2D eigenvalue weighted by molar-refractivity contribution is 6.16. The first kappa shape index (κ1) is 13.2. The molecule has 0 aliphatic rings. The molecule has 0 fully saturated rings. The van der Waals surface area contributed by atoms with Gasteiger partial charge in [-0.1, -0.05) is 18.2 Å². The Bertz CT molecular complexity index is 855. The van der Waals surface area contributed by atoms with E-state index in [1.165, 1.54) is 0 Å². The summed E-state index contributed by atoms with van der Waals surface area (Å²) >= 11 is 5.94. The fourth-order valence-electron chi connectivity index (χ4n) is 2.37. The van der Waals surface area contributed by atoms with E-state index in [0.717, 1.165) is 16.3 Å². The number of fused-ring (bicyclic) bond motifs is 3. The van der Waals surface area contributed by atoms with Crippen molar-refractivity contribution in [3.05, 3.63) is 40.8 Å². The SMILES string of the molecule is CC(C)(C)n1cc2c(n1)c(=O)n(CCl)c1ccccc21. The first-order chi connectivity index (χ1) is 9.43. The number of nitrogens with zero attached hydrogens (tertiary/aromatic N) is 3. The van der Waals surface area contributed by atoms with Gasteiger partial charge in [-0.25, -0.2) is 0 Å². The van der Waals surface area contributed by atoms with Crippen LogP contribution in [0.25, 0.3) is 21.8 Å². The predicted molar refractivity (Wildman–Crippen MR) is 82.3 cm³/mol. The van der Waals surface area contributed by atoms with Crippen LogP contribution in [0, 0.1) is 0 Å². The maximum Gasteiger partial charge on any atom is 0.280 e. The van der Waals surface area contributed by atoms with Crippen LogP contribution in [0.5, 0.6) is 0 Å². The fourth-order valence-corrected chi connectivity index (χ4v) is 2.60. The van der Waals surface area contributed by atoms with Crippen molar-refractivity contribution in [1.82, 2.24) is 14.3 Å². The number of hydrogen-bond donors (Lipinski definition) is 0. The molecule has 3 aromatic rings. The fraction of sp³-hybridized carbons (Fsp3) is 0.333. The Kier molecular flexibility index (Phi) is 2.87. The smallest absolute Gasteiger partial charge is 0.280 e. The number of rotatable bonds is 1. The lowest BCUT2D eigenvalue weighted by atomic mass is 10.1. The molecule has 104 valence electrons. The molecular weight excluding hydrogens is 274 g/mol. The molecule has 4 nitrogen and oxygen atoms in total. The normalized spacial score (nSPS) is 12.4. The maximum absolute atomic E-state index is 12.5. The highest BCUT2D eigenvalue weighted by Gasteiger charge is 2.19. The molecule has 0 aliphatic heterocycles. The number of aromatic nitrogens is 3. The zero-order valence-electron chi connectivity index (χ0n) is 11.7. The van der Waals surface area contributed by atoms with Crippen molar-refractivity contribution in [2.24, 2.45) is 0 Å². The monoisotopic (exact) mass is 289 g/mol. The van der Waals surface area contributed by atoms with Gasteiger partial charge in [-0.05, 0) is 26.8 Å². The van der Waals surface area contributed by atoms with E-state index < -0.39 is 0 Å². The highest BCUT2D eigenvalue weighted by Crippen LogP contribution is 2.24. The van der Waals surface area contributed by atoms with Gasteiger partial charge >= 0.3 is 0 Å². The molecule has 0 saturated heterocycles. The summed E-state index contributed by atoms with van der Waals surface area (Å²) in [4.78, 5) is 12.5. The Morgan fingerprint density at radius 1 is 1.20 bits per heavy atom. The van der Waals surface area contributed by atoms with E-state index in [1.807, 2.05) is 35.1 Å². The van der Waals surface area contributed by atoms with Crippen LogP contribution in [0.3, 0.4) is 0 Å². The van der Waals surface area contributed by atoms with E-state index >= 15 is 0 Å². The number of alkyl halides is 1. The Hall–Kier alpha value is -1.81. The van der Waals surface area contributed by atoms with E-state index in [9.17, 15) is 4.79 Å². The van der Waals surface area contributed by atoms with E-state index in [2.05, 4.69) is 25.9 Å². The second kappa shape index (κ2) is 4.35. The first-order valence-corrected chi connectivity index (χ1v) is 7.04. The molecule has 0 aliphatic carbocycles. The van der Waals surface area contributed by atoms with Crippen LogP contribution < -0.4 is 5.56 Å². The van der Waals surface area contributed by atoms with Crippen molar-refractivity contribution in [2.75, 3.05) is 0 Å². The Balaban J connectivity index is 2.53.